The van der Waals surface area contributed by atoms with Crippen molar-refractivity contribution in [3.05, 3.63) is 30.1 Å². The molecule has 84 valence electrons. The van der Waals surface area contributed by atoms with E-state index in [-0.39, 0.29) is 0 Å². The lowest BCUT2D eigenvalue weighted by Gasteiger charge is -2.03. The zero-order chi connectivity index (χ0) is 11.5. The lowest BCUT2D eigenvalue weighted by molar-refractivity contribution is -0.138. The lowest BCUT2D eigenvalue weighted by atomic mass is 10.2. The molecule has 5 nitrogen and oxygen atoms in total. The van der Waals surface area contributed by atoms with Crippen LogP contribution in [-0.4, -0.2) is 27.1 Å². The first-order chi connectivity index (χ1) is 7.66. The SMILES string of the molecule is NC(CCc1nc2ccccc2[nH]1)C(=O)O. The van der Waals surface area contributed by atoms with Crippen molar-refractivity contribution in [1.29, 1.82) is 0 Å². The summed E-state index contributed by atoms with van der Waals surface area (Å²) in [6.45, 7) is 0. The molecule has 2 aromatic rings. The van der Waals surface area contributed by atoms with Gasteiger partial charge >= 0.3 is 5.97 Å². The second kappa shape index (κ2) is 4.32. The number of nitrogens with two attached hydrogens (primary N) is 1. The van der Waals surface area contributed by atoms with Crippen molar-refractivity contribution < 1.29 is 9.90 Å². The summed E-state index contributed by atoms with van der Waals surface area (Å²) >= 11 is 0. The molecule has 0 spiro atoms. The van der Waals surface area contributed by atoms with E-state index >= 15 is 0 Å². The molecular formula is C11H13N3O2. The number of hydrogen-bond acceptors (Lipinski definition) is 3. The third-order valence-corrected chi connectivity index (χ3v) is 2.45. The highest BCUT2D eigenvalue weighted by Gasteiger charge is 2.12. The van der Waals surface area contributed by atoms with Crippen LogP contribution in [-0.2, 0) is 11.2 Å². The summed E-state index contributed by atoms with van der Waals surface area (Å²) in [6, 6.07) is 6.85. The van der Waals surface area contributed by atoms with Crippen LogP contribution < -0.4 is 5.73 Å². The van der Waals surface area contributed by atoms with Gasteiger partial charge in [-0.3, -0.25) is 4.79 Å². The van der Waals surface area contributed by atoms with Crippen LogP contribution in [0.25, 0.3) is 11.0 Å². The Morgan fingerprint density at radius 3 is 2.94 bits per heavy atom. The molecular weight excluding hydrogens is 206 g/mol. The Hall–Kier alpha value is -1.88. The average Bonchev–Trinajstić information content (AvgIpc) is 2.68. The normalized spacial score (nSPS) is 12.8. The largest absolute Gasteiger partial charge is 0.480 e. The summed E-state index contributed by atoms with van der Waals surface area (Å²) in [6.07, 6.45) is 0.928. The van der Waals surface area contributed by atoms with Gasteiger partial charge in [-0.15, -0.1) is 0 Å². The summed E-state index contributed by atoms with van der Waals surface area (Å²) in [5.74, 6) is -0.200. The van der Waals surface area contributed by atoms with Crippen LogP contribution in [0.2, 0.25) is 0 Å². The molecule has 0 saturated heterocycles. The van der Waals surface area contributed by atoms with E-state index in [1.165, 1.54) is 0 Å². The smallest absolute Gasteiger partial charge is 0.320 e. The van der Waals surface area contributed by atoms with Crippen molar-refractivity contribution >= 4 is 17.0 Å². The number of nitrogens with zero attached hydrogens (tertiary/aromatic N) is 1. The number of aryl methyl sites for hydroxylation is 1. The van der Waals surface area contributed by atoms with E-state index < -0.39 is 12.0 Å². The highest BCUT2D eigenvalue weighted by Crippen LogP contribution is 2.11. The van der Waals surface area contributed by atoms with Gasteiger partial charge in [-0.2, -0.15) is 0 Å². The van der Waals surface area contributed by atoms with Crippen LogP contribution in [0.5, 0.6) is 0 Å². The number of hydrogen-bond donors (Lipinski definition) is 3. The van der Waals surface area contributed by atoms with Crippen molar-refractivity contribution in [1.82, 2.24) is 9.97 Å². The van der Waals surface area contributed by atoms with Crippen LogP contribution in [0.15, 0.2) is 24.3 Å². The maximum atomic E-state index is 10.5. The molecule has 1 atom stereocenters. The first-order valence-corrected chi connectivity index (χ1v) is 5.09. The van der Waals surface area contributed by atoms with Gasteiger partial charge in [0.1, 0.15) is 11.9 Å². The molecule has 0 fully saturated rings. The molecule has 4 N–H and O–H groups in total. The Kier molecular flexibility index (Phi) is 2.87. The molecule has 0 aliphatic rings. The molecule has 2 rings (SSSR count). The number of para-hydroxylation sites is 2. The Balaban J connectivity index is 2.07. The van der Waals surface area contributed by atoms with E-state index in [1.807, 2.05) is 24.3 Å². The zero-order valence-corrected chi connectivity index (χ0v) is 8.68. The number of benzene rings is 1. The predicted octanol–water partition coefficient (Wildman–Crippen LogP) is 0.907. The van der Waals surface area contributed by atoms with Crippen LogP contribution >= 0.6 is 0 Å². The van der Waals surface area contributed by atoms with E-state index in [0.717, 1.165) is 16.9 Å². The maximum absolute atomic E-state index is 10.5. The van der Waals surface area contributed by atoms with E-state index in [0.29, 0.717) is 12.8 Å². The number of nitrogens with one attached hydrogen (secondary N) is 1. The van der Waals surface area contributed by atoms with Gasteiger partial charge in [0.15, 0.2) is 0 Å². The average molecular weight is 219 g/mol. The molecule has 16 heavy (non-hydrogen) atoms. The first-order valence-electron chi connectivity index (χ1n) is 5.09. The number of aromatic amines is 1. The standard InChI is InChI=1S/C11H13N3O2/c12-7(11(15)16)5-6-10-13-8-3-1-2-4-9(8)14-10/h1-4,7H,5-6,12H2,(H,13,14)(H,15,16). The minimum absolute atomic E-state index is 0.384. The van der Waals surface area contributed by atoms with Gasteiger partial charge in [0, 0.05) is 6.42 Å². The summed E-state index contributed by atoms with van der Waals surface area (Å²) in [5, 5.41) is 8.64. The number of carbonyl (C=O) groups is 1. The van der Waals surface area contributed by atoms with Gasteiger partial charge in [0.05, 0.1) is 11.0 Å². The van der Waals surface area contributed by atoms with E-state index in [2.05, 4.69) is 9.97 Å². The predicted molar refractivity (Wildman–Crippen MR) is 60.0 cm³/mol. The minimum atomic E-state index is -0.976. The monoisotopic (exact) mass is 219 g/mol. The summed E-state index contributed by atoms with van der Waals surface area (Å²) in [4.78, 5) is 18.0. The number of aliphatic carboxylic acids is 1. The van der Waals surface area contributed by atoms with Gasteiger partial charge in [0.25, 0.3) is 0 Å². The Labute approximate surface area is 92.3 Å². The van der Waals surface area contributed by atoms with Gasteiger partial charge in [0.2, 0.25) is 0 Å². The molecule has 1 heterocycles. The third-order valence-electron chi connectivity index (χ3n) is 2.45. The van der Waals surface area contributed by atoms with Crippen molar-refractivity contribution in [2.75, 3.05) is 0 Å². The molecule has 0 aliphatic heterocycles. The summed E-state index contributed by atoms with van der Waals surface area (Å²) < 4.78 is 0. The van der Waals surface area contributed by atoms with Gasteiger partial charge in [-0.25, -0.2) is 4.98 Å². The molecule has 0 saturated carbocycles. The van der Waals surface area contributed by atoms with Crippen LogP contribution in [0.3, 0.4) is 0 Å². The van der Waals surface area contributed by atoms with Crippen molar-refractivity contribution in [2.45, 2.75) is 18.9 Å². The van der Waals surface area contributed by atoms with Crippen LogP contribution in [0.4, 0.5) is 0 Å². The van der Waals surface area contributed by atoms with Gasteiger partial charge in [-0.1, -0.05) is 12.1 Å². The quantitative estimate of drug-likeness (QED) is 0.712. The van der Waals surface area contributed by atoms with Crippen molar-refractivity contribution in [3.8, 4) is 0 Å². The van der Waals surface area contributed by atoms with Crippen molar-refractivity contribution in [2.24, 2.45) is 5.73 Å². The molecule has 0 bridgehead atoms. The fraction of sp³-hybridized carbons (Fsp3) is 0.273. The number of rotatable bonds is 4. The second-order valence-electron chi connectivity index (χ2n) is 3.68. The minimum Gasteiger partial charge on any atom is -0.480 e. The highest BCUT2D eigenvalue weighted by molar-refractivity contribution is 5.75. The Morgan fingerprint density at radius 2 is 2.25 bits per heavy atom. The maximum Gasteiger partial charge on any atom is 0.320 e. The third kappa shape index (κ3) is 2.20. The van der Waals surface area contributed by atoms with E-state index in [9.17, 15) is 4.79 Å². The molecule has 1 aromatic carbocycles. The molecule has 0 aliphatic carbocycles. The Bertz CT molecular complexity index is 474. The zero-order valence-electron chi connectivity index (χ0n) is 8.68. The van der Waals surface area contributed by atoms with E-state index in [4.69, 9.17) is 10.8 Å². The number of H-pyrrole nitrogens is 1. The molecule has 0 radical (unpaired) electrons. The fourth-order valence-corrected chi connectivity index (χ4v) is 1.54. The van der Waals surface area contributed by atoms with E-state index in [1.54, 1.807) is 0 Å². The van der Waals surface area contributed by atoms with Gasteiger partial charge in [-0.05, 0) is 18.6 Å². The summed E-state index contributed by atoms with van der Waals surface area (Å²) in [7, 11) is 0. The second-order valence-corrected chi connectivity index (χ2v) is 3.68. The number of aromatic nitrogens is 2. The lowest BCUT2D eigenvalue weighted by Crippen LogP contribution is -2.30. The number of imidazole rings is 1. The molecule has 5 heteroatoms. The number of carboxylic acids is 1. The van der Waals surface area contributed by atoms with Gasteiger partial charge < -0.3 is 15.8 Å². The highest BCUT2D eigenvalue weighted by atomic mass is 16.4. The molecule has 1 unspecified atom stereocenters. The summed E-state index contributed by atoms with van der Waals surface area (Å²) in [5.41, 5.74) is 7.27. The Morgan fingerprint density at radius 1 is 1.50 bits per heavy atom. The first kappa shape index (κ1) is 10.6. The number of fused-ring (bicyclic) bond motifs is 1. The van der Waals surface area contributed by atoms with Crippen LogP contribution in [0.1, 0.15) is 12.2 Å². The topological polar surface area (TPSA) is 92.0 Å². The van der Waals surface area contributed by atoms with Crippen molar-refractivity contribution in [3.63, 3.8) is 0 Å². The number of carboxylic acid groups (broad SMARTS) is 1. The van der Waals surface area contributed by atoms with Crippen LogP contribution in [0, 0.1) is 0 Å². The molecule has 1 aromatic heterocycles. The fourth-order valence-electron chi connectivity index (χ4n) is 1.54. The molecule has 0 amide bonds.